The van der Waals surface area contributed by atoms with Crippen LogP contribution in [0, 0.1) is 16.0 Å². The second-order valence-electron chi connectivity index (χ2n) is 6.45. The van der Waals surface area contributed by atoms with Gasteiger partial charge in [0.15, 0.2) is 5.82 Å². The van der Waals surface area contributed by atoms with Crippen LogP contribution in [0.5, 0.6) is 0 Å². The molecule has 0 aliphatic carbocycles. The Morgan fingerprint density at radius 3 is 3.00 bits per heavy atom. The smallest absolute Gasteiger partial charge is 0.358 e. The second kappa shape index (κ2) is 6.15. The van der Waals surface area contributed by atoms with Gasteiger partial charge >= 0.3 is 5.82 Å². The first kappa shape index (κ1) is 15.6. The first-order chi connectivity index (χ1) is 12.1. The molecule has 0 radical (unpaired) electrons. The molecular weight excluding hydrogens is 322 g/mol. The Kier molecular flexibility index (Phi) is 3.83. The van der Waals surface area contributed by atoms with Gasteiger partial charge in [0.25, 0.3) is 0 Å². The summed E-state index contributed by atoms with van der Waals surface area (Å²) in [5, 5.41) is 15.6. The monoisotopic (exact) mass is 341 g/mol. The lowest BCUT2D eigenvalue weighted by atomic mass is 9.94. The van der Waals surface area contributed by atoms with Gasteiger partial charge in [-0.3, -0.25) is 0 Å². The number of imidazole rings is 2. The number of nitrogens with zero attached hydrogens (tertiary/aromatic N) is 7. The summed E-state index contributed by atoms with van der Waals surface area (Å²) >= 11 is 0. The number of anilines is 1. The van der Waals surface area contributed by atoms with Crippen molar-refractivity contribution in [3.05, 3.63) is 46.7 Å². The van der Waals surface area contributed by atoms with Gasteiger partial charge in [-0.05, 0) is 29.7 Å². The Labute approximate surface area is 144 Å². The van der Waals surface area contributed by atoms with Crippen LogP contribution in [-0.2, 0) is 13.5 Å². The molecule has 1 unspecified atom stereocenters. The molecule has 0 N–H and O–H groups in total. The molecule has 25 heavy (non-hydrogen) atoms. The summed E-state index contributed by atoms with van der Waals surface area (Å²) in [4.78, 5) is 21.3. The van der Waals surface area contributed by atoms with Gasteiger partial charge in [-0.15, -0.1) is 0 Å². The van der Waals surface area contributed by atoms with E-state index in [1.54, 1.807) is 6.07 Å². The van der Waals surface area contributed by atoms with Crippen LogP contribution in [0.15, 0.2) is 30.7 Å². The number of aryl methyl sites for hydroxylation is 1. The molecule has 3 aromatic heterocycles. The molecular formula is C16H19N7O2. The van der Waals surface area contributed by atoms with Gasteiger partial charge in [0, 0.05) is 45.0 Å². The number of aromatic nitrogens is 5. The van der Waals surface area contributed by atoms with E-state index in [0.29, 0.717) is 11.6 Å². The molecule has 0 bridgehead atoms. The average molecular weight is 341 g/mol. The zero-order chi connectivity index (χ0) is 17.4. The highest BCUT2D eigenvalue weighted by Gasteiger charge is 2.24. The molecule has 4 heterocycles. The second-order valence-corrected chi connectivity index (χ2v) is 6.45. The zero-order valence-electron chi connectivity index (χ0n) is 13.9. The molecule has 0 spiro atoms. The highest BCUT2D eigenvalue weighted by atomic mass is 16.6. The maximum atomic E-state index is 11.1. The Bertz CT molecular complexity index is 916. The van der Waals surface area contributed by atoms with E-state index in [1.807, 2.05) is 25.5 Å². The summed E-state index contributed by atoms with van der Waals surface area (Å²) in [5.41, 5.74) is 0.483. The van der Waals surface area contributed by atoms with E-state index in [-0.39, 0.29) is 5.82 Å². The third-order valence-corrected chi connectivity index (χ3v) is 4.75. The fourth-order valence-electron chi connectivity index (χ4n) is 3.44. The maximum Gasteiger partial charge on any atom is 0.368 e. The minimum Gasteiger partial charge on any atom is -0.358 e. The van der Waals surface area contributed by atoms with E-state index in [1.165, 1.54) is 10.7 Å². The number of nitro groups is 1. The summed E-state index contributed by atoms with van der Waals surface area (Å²) in [6.45, 7) is 1.77. The quantitative estimate of drug-likeness (QED) is 0.531. The Hall–Kier alpha value is -2.97. The number of hydrogen-bond donors (Lipinski definition) is 0. The Morgan fingerprint density at radius 1 is 1.36 bits per heavy atom. The van der Waals surface area contributed by atoms with E-state index in [9.17, 15) is 10.1 Å². The van der Waals surface area contributed by atoms with Crippen LogP contribution in [-0.4, -0.2) is 42.2 Å². The molecule has 1 atom stereocenters. The van der Waals surface area contributed by atoms with Crippen molar-refractivity contribution in [1.29, 1.82) is 0 Å². The van der Waals surface area contributed by atoms with Crippen LogP contribution in [0.1, 0.15) is 18.7 Å². The van der Waals surface area contributed by atoms with Crippen LogP contribution in [0.25, 0.3) is 5.65 Å². The maximum absolute atomic E-state index is 11.1. The SMILES string of the molecule is Cn1ccnc1CC1CCCN(c2ccc3ncc([N+](=O)[O-])n3n2)C1. The molecule has 1 saturated heterocycles. The highest BCUT2D eigenvalue weighted by Crippen LogP contribution is 2.25. The van der Waals surface area contributed by atoms with Gasteiger partial charge in [-0.2, -0.15) is 0 Å². The number of rotatable bonds is 4. The zero-order valence-corrected chi connectivity index (χ0v) is 13.9. The predicted molar refractivity (Wildman–Crippen MR) is 91.5 cm³/mol. The largest absolute Gasteiger partial charge is 0.368 e. The lowest BCUT2D eigenvalue weighted by Gasteiger charge is -2.32. The molecule has 9 nitrogen and oxygen atoms in total. The minimum atomic E-state index is -0.461. The van der Waals surface area contributed by atoms with Crippen LogP contribution >= 0.6 is 0 Å². The number of piperidine rings is 1. The number of fused-ring (bicyclic) bond motifs is 1. The standard InChI is InChI=1S/C16H19N7O2/c1-20-8-6-17-15(20)9-12-3-2-7-21(11-12)14-5-4-13-18-10-16(23(24)25)22(13)19-14/h4-6,8,10,12H,2-3,7,9,11H2,1H3. The van der Waals surface area contributed by atoms with Crippen molar-refractivity contribution in [3.63, 3.8) is 0 Å². The summed E-state index contributed by atoms with van der Waals surface area (Å²) in [5.74, 6) is 2.21. The average Bonchev–Trinajstić information content (AvgIpc) is 3.21. The van der Waals surface area contributed by atoms with Crippen molar-refractivity contribution in [3.8, 4) is 0 Å². The minimum absolute atomic E-state index is 0.113. The van der Waals surface area contributed by atoms with Crippen LogP contribution < -0.4 is 4.90 Å². The molecule has 9 heteroatoms. The van der Waals surface area contributed by atoms with Crippen molar-refractivity contribution in [1.82, 2.24) is 24.1 Å². The molecule has 130 valence electrons. The van der Waals surface area contributed by atoms with Crippen molar-refractivity contribution < 1.29 is 4.92 Å². The topological polar surface area (TPSA) is 94.4 Å². The van der Waals surface area contributed by atoms with Gasteiger partial charge < -0.3 is 19.6 Å². The van der Waals surface area contributed by atoms with Crippen LogP contribution in [0.2, 0.25) is 0 Å². The third kappa shape index (κ3) is 2.92. The van der Waals surface area contributed by atoms with Crippen molar-refractivity contribution in [2.45, 2.75) is 19.3 Å². The van der Waals surface area contributed by atoms with E-state index in [0.717, 1.165) is 44.0 Å². The van der Waals surface area contributed by atoms with Gasteiger partial charge in [0.2, 0.25) is 5.65 Å². The van der Waals surface area contributed by atoms with Crippen molar-refractivity contribution in [2.24, 2.45) is 13.0 Å². The third-order valence-electron chi connectivity index (χ3n) is 4.75. The predicted octanol–water partition coefficient (Wildman–Crippen LogP) is 1.83. The summed E-state index contributed by atoms with van der Waals surface area (Å²) < 4.78 is 3.36. The number of hydrogen-bond acceptors (Lipinski definition) is 6. The first-order valence-electron chi connectivity index (χ1n) is 8.32. The van der Waals surface area contributed by atoms with E-state index in [4.69, 9.17) is 0 Å². The van der Waals surface area contributed by atoms with Gasteiger partial charge in [0.1, 0.15) is 12.0 Å². The Morgan fingerprint density at radius 2 is 2.24 bits per heavy atom. The molecule has 3 aromatic rings. The van der Waals surface area contributed by atoms with Crippen LogP contribution in [0.4, 0.5) is 11.6 Å². The first-order valence-corrected chi connectivity index (χ1v) is 8.32. The molecule has 0 saturated carbocycles. The summed E-state index contributed by atoms with van der Waals surface area (Å²) in [6, 6.07) is 3.66. The lowest BCUT2D eigenvalue weighted by Crippen LogP contribution is -2.37. The van der Waals surface area contributed by atoms with Crippen LogP contribution in [0.3, 0.4) is 0 Å². The van der Waals surface area contributed by atoms with Crippen molar-refractivity contribution >= 4 is 17.3 Å². The molecule has 1 aliphatic rings. The molecule has 1 aliphatic heterocycles. The lowest BCUT2D eigenvalue weighted by molar-refractivity contribution is -0.391. The van der Waals surface area contributed by atoms with Gasteiger partial charge in [-0.1, -0.05) is 9.61 Å². The van der Waals surface area contributed by atoms with Gasteiger partial charge in [-0.25, -0.2) is 9.97 Å². The fraction of sp³-hybridized carbons (Fsp3) is 0.438. The summed E-state index contributed by atoms with van der Waals surface area (Å²) in [6.07, 6.45) is 8.17. The fourth-order valence-corrected chi connectivity index (χ4v) is 3.44. The van der Waals surface area contributed by atoms with Crippen molar-refractivity contribution in [2.75, 3.05) is 18.0 Å². The molecule has 0 amide bonds. The molecule has 1 fully saturated rings. The van der Waals surface area contributed by atoms with E-state index >= 15 is 0 Å². The van der Waals surface area contributed by atoms with E-state index < -0.39 is 4.92 Å². The normalized spacial score (nSPS) is 18.0. The molecule has 0 aromatic carbocycles. The molecule has 4 rings (SSSR count). The highest BCUT2D eigenvalue weighted by molar-refractivity contribution is 5.49. The van der Waals surface area contributed by atoms with E-state index in [2.05, 4.69) is 24.5 Å². The van der Waals surface area contributed by atoms with Gasteiger partial charge in [0.05, 0.1) is 0 Å². The Balaban J connectivity index is 1.56. The summed E-state index contributed by atoms with van der Waals surface area (Å²) in [7, 11) is 2.01.